The smallest absolute Gasteiger partial charge is 0.227 e. The van der Waals surface area contributed by atoms with Crippen LogP contribution in [-0.4, -0.2) is 54.5 Å². The number of carbonyl (C=O) groups excluding carboxylic acids is 1. The third kappa shape index (κ3) is 3.04. The highest BCUT2D eigenvalue weighted by atomic mass is 16.2. The van der Waals surface area contributed by atoms with E-state index in [1.165, 1.54) is 0 Å². The molecule has 2 aliphatic rings. The fourth-order valence-electron chi connectivity index (χ4n) is 3.32. The van der Waals surface area contributed by atoms with Crippen molar-refractivity contribution in [1.29, 1.82) is 0 Å². The van der Waals surface area contributed by atoms with Gasteiger partial charge in [0.2, 0.25) is 5.91 Å². The lowest BCUT2D eigenvalue weighted by Gasteiger charge is -2.26. The molecule has 2 N–H and O–H groups in total. The molecule has 0 spiro atoms. The first-order valence-corrected chi connectivity index (χ1v) is 7.34. The van der Waals surface area contributed by atoms with Gasteiger partial charge in [0.25, 0.3) is 0 Å². The monoisotopic (exact) mass is 253 g/mol. The summed E-state index contributed by atoms with van der Waals surface area (Å²) in [6, 6.07) is 0.302. The Labute approximate surface area is 110 Å². The van der Waals surface area contributed by atoms with Gasteiger partial charge < -0.3 is 15.5 Å². The predicted molar refractivity (Wildman–Crippen MR) is 73.2 cm³/mol. The molecule has 0 saturated carbocycles. The standard InChI is InChI=1S/C14H27N3O/c1-11(2)9-16-7-5-12(10-16)14(18)17-6-3-4-13(17)8-15/h11-13H,3-10,15H2,1-2H3/t12-,13-/m0/s1. The van der Waals surface area contributed by atoms with Gasteiger partial charge in [0.15, 0.2) is 0 Å². The van der Waals surface area contributed by atoms with E-state index in [-0.39, 0.29) is 5.92 Å². The summed E-state index contributed by atoms with van der Waals surface area (Å²) >= 11 is 0. The summed E-state index contributed by atoms with van der Waals surface area (Å²) in [5.74, 6) is 1.26. The highest BCUT2D eigenvalue weighted by Crippen LogP contribution is 2.24. The lowest BCUT2D eigenvalue weighted by atomic mass is 10.1. The van der Waals surface area contributed by atoms with Crippen molar-refractivity contribution in [1.82, 2.24) is 9.80 Å². The minimum absolute atomic E-state index is 0.218. The molecule has 0 bridgehead atoms. The van der Waals surface area contributed by atoms with Crippen LogP contribution in [0, 0.1) is 11.8 Å². The lowest BCUT2D eigenvalue weighted by Crippen LogP contribution is -2.43. The summed E-state index contributed by atoms with van der Waals surface area (Å²) in [5.41, 5.74) is 5.75. The summed E-state index contributed by atoms with van der Waals surface area (Å²) in [5, 5.41) is 0. The van der Waals surface area contributed by atoms with Crippen LogP contribution in [0.15, 0.2) is 0 Å². The summed E-state index contributed by atoms with van der Waals surface area (Å²) < 4.78 is 0. The van der Waals surface area contributed by atoms with E-state index in [9.17, 15) is 4.79 Å². The molecular formula is C14H27N3O. The van der Waals surface area contributed by atoms with E-state index in [0.29, 0.717) is 24.4 Å². The number of hydrogen-bond acceptors (Lipinski definition) is 3. The molecule has 2 heterocycles. The minimum atomic E-state index is 0.218. The van der Waals surface area contributed by atoms with Crippen molar-refractivity contribution < 1.29 is 4.79 Å². The molecule has 0 aromatic heterocycles. The minimum Gasteiger partial charge on any atom is -0.338 e. The van der Waals surface area contributed by atoms with E-state index in [2.05, 4.69) is 18.7 Å². The van der Waals surface area contributed by atoms with Gasteiger partial charge >= 0.3 is 0 Å². The normalized spacial score (nSPS) is 29.4. The molecule has 2 atom stereocenters. The molecule has 104 valence electrons. The molecule has 2 saturated heterocycles. The van der Waals surface area contributed by atoms with E-state index < -0.39 is 0 Å². The Morgan fingerprint density at radius 2 is 2.11 bits per heavy atom. The zero-order valence-corrected chi connectivity index (χ0v) is 11.8. The average molecular weight is 253 g/mol. The summed E-state index contributed by atoms with van der Waals surface area (Å²) in [4.78, 5) is 17.0. The Hall–Kier alpha value is -0.610. The largest absolute Gasteiger partial charge is 0.338 e. The van der Waals surface area contributed by atoms with Gasteiger partial charge in [-0.15, -0.1) is 0 Å². The van der Waals surface area contributed by atoms with E-state index in [1.54, 1.807) is 0 Å². The molecule has 1 amide bonds. The maximum absolute atomic E-state index is 12.5. The molecule has 0 unspecified atom stereocenters. The number of nitrogens with two attached hydrogens (primary N) is 1. The molecule has 2 fully saturated rings. The Balaban J connectivity index is 1.87. The van der Waals surface area contributed by atoms with Gasteiger partial charge in [-0.05, 0) is 31.7 Å². The van der Waals surface area contributed by atoms with Crippen molar-refractivity contribution in [2.24, 2.45) is 17.6 Å². The topological polar surface area (TPSA) is 49.6 Å². The number of carbonyl (C=O) groups is 1. The molecule has 0 aliphatic carbocycles. The van der Waals surface area contributed by atoms with Gasteiger partial charge in [-0.3, -0.25) is 4.79 Å². The third-order valence-electron chi connectivity index (χ3n) is 4.18. The number of amides is 1. The first-order chi connectivity index (χ1) is 8.61. The van der Waals surface area contributed by atoms with Crippen LogP contribution in [-0.2, 0) is 4.79 Å². The van der Waals surface area contributed by atoms with E-state index in [0.717, 1.165) is 45.4 Å². The Bertz CT molecular complexity index is 293. The van der Waals surface area contributed by atoms with Crippen LogP contribution in [0.2, 0.25) is 0 Å². The van der Waals surface area contributed by atoms with Crippen molar-refractivity contribution in [3.05, 3.63) is 0 Å². The summed E-state index contributed by atoms with van der Waals surface area (Å²) in [6.45, 7) is 9.15. The zero-order chi connectivity index (χ0) is 13.1. The quantitative estimate of drug-likeness (QED) is 0.810. The predicted octanol–water partition coefficient (Wildman–Crippen LogP) is 0.914. The SMILES string of the molecule is CC(C)CN1CC[C@H](C(=O)N2CCC[C@H]2CN)C1. The van der Waals surface area contributed by atoms with Gasteiger partial charge in [0.05, 0.1) is 5.92 Å². The average Bonchev–Trinajstić information content (AvgIpc) is 2.95. The highest BCUT2D eigenvalue weighted by molar-refractivity contribution is 5.80. The van der Waals surface area contributed by atoms with Crippen LogP contribution in [0.3, 0.4) is 0 Å². The molecule has 4 nitrogen and oxygen atoms in total. The number of nitrogens with zero attached hydrogens (tertiary/aromatic N) is 2. The summed E-state index contributed by atoms with van der Waals surface area (Å²) in [6.07, 6.45) is 3.24. The van der Waals surface area contributed by atoms with Crippen molar-refractivity contribution in [3.63, 3.8) is 0 Å². The van der Waals surface area contributed by atoms with Crippen LogP contribution >= 0.6 is 0 Å². The Morgan fingerprint density at radius 3 is 2.78 bits per heavy atom. The second kappa shape index (κ2) is 6.02. The van der Waals surface area contributed by atoms with Gasteiger partial charge in [-0.25, -0.2) is 0 Å². The second-order valence-electron chi connectivity index (χ2n) is 6.20. The van der Waals surface area contributed by atoms with E-state index in [4.69, 9.17) is 5.73 Å². The first kappa shape index (κ1) is 13.8. The Morgan fingerprint density at radius 1 is 1.33 bits per heavy atom. The first-order valence-electron chi connectivity index (χ1n) is 7.34. The van der Waals surface area contributed by atoms with Gasteiger partial charge in [0, 0.05) is 32.2 Å². The van der Waals surface area contributed by atoms with Gasteiger partial charge in [-0.2, -0.15) is 0 Å². The molecule has 0 aromatic carbocycles. The van der Waals surface area contributed by atoms with Crippen LogP contribution in [0.4, 0.5) is 0 Å². The van der Waals surface area contributed by atoms with E-state index >= 15 is 0 Å². The molecule has 18 heavy (non-hydrogen) atoms. The molecule has 2 rings (SSSR count). The molecular weight excluding hydrogens is 226 g/mol. The van der Waals surface area contributed by atoms with Crippen LogP contribution < -0.4 is 5.73 Å². The van der Waals surface area contributed by atoms with Crippen molar-refractivity contribution in [2.45, 2.75) is 39.2 Å². The van der Waals surface area contributed by atoms with Gasteiger partial charge in [0.1, 0.15) is 0 Å². The number of likely N-dealkylation sites (tertiary alicyclic amines) is 2. The fraction of sp³-hybridized carbons (Fsp3) is 0.929. The maximum Gasteiger partial charge on any atom is 0.227 e. The maximum atomic E-state index is 12.5. The van der Waals surface area contributed by atoms with Crippen molar-refractivity contribution >= 4 is 5.91 Å². The van der Waals surface area contributed by atoms with E-state index in [1.807, 2.05) is 4.90 Å². The van der Waals surface area contributed by atoms with Crippen molar-refractivity contribution in [3.8, 4) is 0 Å². The third-order valence-corrected chi connectivity index (χ3v) is 4.18. The number of hydrogen-bond donors (Lipinski definition) is 1. The van der Waals surface area contributed by atoms with Crippen LogP contribution in [0.1, 0.15) is 33.1 Å². The Kier molecular flexibility index (Phi) is 4.62. The fourth-order valence-corrected chi connectivity index (χ4v) is 3.32. The lowest BCUT2D eigenvalue weighted by molar-refractivity contribution is -0.135. The zero-order valence-electron chi connectivity index (χ0n) is 11.8. The molecule has 2 aliphatic heterocycles. The summed E-state index contributed by atoms with van der Waals surface area (Å²) in [7, 11) is 0. The van der Waals surface area contributed by atoms with Crippen molar-refractivity contribution in [2.75, 3.05) is 32.7 Å². The number of rotatable bonds is 4. The molecule has 4 heteroatoms. The van der Waals surface area contributed by atoms with Crippen LogP contribution in [0.5, 0.6) is 0 Å². The van der Waals surface area contributed by atoms with Crippen LogP contribution in [0.25, 0.3) is 0 Å². The molecule has 0 aromatic rings. The second-order valence-corrected chi connectivity index (χ2v) is 6.20. The van der Waals surface area contributed by atoms with Gasteiger partial charge in [-0.1, -0.05) is 13.8 Å². The highest BCUT2D eigenvalue weighted by Gasteiger charge is 2.35. The molecule has 0 radical (unpaired) electrons.